The standard InChI is InChI=1S/C24H28N2O7/c1-15(24(29)26-20-14-17(30-2)8-10-21(20)31-3)33-23(28)5-4-12-32-18-7-9-19-16(13-18)6-11-22(27)25-19/h7-10,13-15H,4-6,11-12H2,1-3H3,(H,25,27)(H,26,29)/t15-/m1/s1. The first-order chi connectivity index (χ1) is 15.9. The van der Waals surface area contributed by atoms with E-state index in [9.17, 15) is 14.4 Å². The minimum absolute atomic E-state index is 0.0141. The number of anilines is 2. The summed E-state index contributed by atoms with van der Waals surface area (Å²) in [5.41, 5.74) is 2.25. The van der Waals surface area contributed by atoms with Crippen LogP contribution in [0.4, 0.5) is 11.4 Å². The molecular formula is C24H28N2O7. The first-order valence-corrected chi connectivity index (χ1v) is 10.7. The third kappa shape index (κ3) is 6.61. The van der Waals surface area contributed by atoms with Crippen LogP contribution in [0, 0.1) is 0 Å². The van der Waals surface area contributed by atoms with Crippen LogP contribution in [0.15, 0.2) is 36.4 Å². The van der Waals surface area contributed by atoms with E-state index in [2.05, 4.69) is 10.6 Å². The van der Waals surface area contributed by atoms with Gasteiger partial charge in [0, 0.05) is 24.6 Å². The highest BCUT2D eigenvalue weighted by Gasteiger charge is 2.20. The summed E-state index contributed by atoms with van der Waals surface area (Å²) in [6, 6.07) is 10.5. The first-order valence-electron chi connectivity index (χ1n) is 10.7. The van der Waals surface area contributed by atoms with Crippen molar-refractivity contribution in [2.45, 2.75) is 38.7 Å². The van der Waals surface area contributed by atoms with Crippen molar-refractivity contribution in [3.8, 4) is 17.2 Å². The Morgan fingerprint density at radius 3 is 2.61 bits per heavy atom. The van der Waals surface area contributed by atoms with E-state index in [1.165, 1.54) is 21.1 Å². The molecule has 0 saturated carbocycles. The zero-order valence-corrected chi connectivity index (χ0v) is 18.9. The predicted molar refractivity (Wildman–Crippen MR) is 122 cm³/mol. The highest BCUT2D eigenvalue weighted by molar-refractivity contribution is 5.96. The normalized spacial score (nSPS) is 13.2. The number of benzene rings is 2. The Bertz CT molecular complexity index is 1020. The molecule has 0 bridgehead atoms. The highest BCUT2D eigenvalue weighted by atomic mass is 16.5. The van der Waals surface area contributed by atoms with Gasteiger partial charge in [-0.2, -0.15) is 0 Å². The summed E-state index contributed by atoms with van der Waals surface area (Å²) >= 11 is 0. The van der Waals surface area contributed by atoms with Gasteiger partial charge in [-0.15, -0.1) is 0 Å². The minimum atomic E-state index is -0.981. The summed E-state index contributed by atoms with van der Waals surface area (Å²) in [6.07, 6.45) is 0.696. The molecule has 1 atom stereocenters. The van der Waals surface area contributed by atoms with Crippen LogP contribution < -0.4 is 24.8 Å². The van der Waals surface area contributed by atoms with Gasteiger partial charge in [0.2, 0.25) is 5.91 Å². The fourth-order valence-electron chi connectivity index (χ4n) is 3.31. The number of nitrogens with one attached hydrogen (secondary N) is 2. The molecule has 0 radical (unpaired) electrons. The third-order valence-electron chi connectivity index (χ3n) is 5.11. The molecule has 33 heavy (non-hydrogen) atoms. The zero-order chi connectivity index (χ0) is 23.8. The van der Waals surface area contributed by atoms with E-state index in [1.807, 2.05) is 12.1 Å². The summed E-state index contributed by atoms with van der Waals surface area (Å²) in [5.74, 6) is 0.738. The number of rotatable bonds is 10. The van der Waals surface area contributed by atoms with Crippen molar-refractivity contribution in [1.82, 2.24) is 0 Å². The van der Waals surface area contributed by atoms with E-state index in [1.54, 1.807) is 24.3 Å². The predicted octanol–water partition coefficient (Wildman–Crippen LogP) is 3.32. The van der Waals surface area contributed by atoms with Crippen LogP contribution in [0.25, 0.3) is 0 Å². The highest BCUT2D eigenvalue weighted by Crippen LogP contribution is 2.29. The number of aryl methyl sites for hydroxylation is 1. The Balaban J connectivity index is 1.41. The average molecular weight is 456 g/mol. The lowest BCUT2D eigenvalue weighted by molar-refractivity contribution is -0.153. The number of hydrogen-bond acceptors (Lipinski definition) is 7. The van der Waals surface area contributed by atoms with Crippen LogP contribution in [-0.2, 0) is 25.5 Å². The SMILES string of the molecule is COc1ccc(OC)c(NC(=O)[C@@H](C)OC(=O)CCCOc2ccc3c(c2)CCC(=O)N3)c1. The van der Waals surface area contributed by atoms with Crippen LogP contribution in [0.3, 0.4) is 0 Å². The van der Waals surface area contributed by atoms with Gasteiger partial charge in [0.1, 0.15) is 17.2 Å². The van der Waals surface area contributed by atoms with Gasteiger partial charge in [-0.05, 0) is 55.7 Å². The van der Waals surface area contributed by atoms with E-state index in [0.29, 0.717) is 48.8 Å². The van der Waals surface area contributed by atoms with Crippen LogP contribution in [-0.4, -0.2) is 44.7 Å². The van der Waals surface area contributed by atoms with Crippen LogP contribution in [0.5, 0.6) is 17.2 Å². The maximum absolute atomic E-state index is 12.4. The third-order valence-corrected chi connectivity index (χ3v) is 5.11. The average Bonchev–Trinajstić information content (AvgIpc) is 2.81. The summed E-state index contributed by atoms with van der Waals surface area (Å²) in [7, 11) is 3.01. The molecule has 2 aromatic rings. The molecule has 2 N–H and O–H groups in total. The van der Waals surface area contributed by atoms with Gasteiger partial charge < -0.3 is 29.6 Å². The second-order valence-electron chi connectivity index (χ2n) is 7.51. The molecule has 176 valence electrons. The Morgan fingerprint density at radius 1 is 1.06 bits per heavy atom. The van der Waals surface area contributed by atoms with Crippen molar-refractivity contribution >= 4 is 29.2 Å². The number of carbonyl (C=O) groups is 3. The summed E-state index contributed by atoms with van der Waals surface area (Å²) in [6.45, 7) is 1.82. The molecule has 9 nitrogen and oxygen atoms in total. The molecule has 0 aromatic heterocycles. The molecule has 0 spiro atoms. The molecule has 0 aliphatic carbocycles. The van der Waals surface area contributed by atoms with Crippen molar-refractivity contribution in [2.75, 3.05) is 31.5 Å². The molecule has 0 fully saturated rings. The van der Waals surface area contributed by atoms with E-state index < -0.39 is 18.0 Å². The van der Waals surface area contributed by atoms with Gasteiger partial charge in [0.25, 0.3) is 5.91 Å². The first kappa shape index (κ1) is 23.9. The van der Waals surface area contributed by atoms with Crippen molar-refractivity contribution in [3.63, 3.8) is 0 Å². The second kappa shape index (κ2) is 11.2. The maximum atomic E-state index is 12.4. The lowest BCUT2D eigenvalue weighted by Crippen LogP contribution is -2.30. The molecule has 2 amide bonds. The van der Waals surface area contributed by atoms with E-state index >= 15 is 0 Å². The molecule has 2 aromatic carbocycles. The number of hydrogen-bond donors (Lipinski definition) is 2. The number of amides is 2. The number of methoxy groups -OCH3 is 2. The zero-order valence-electron chi connectivity index (χ0n) is 18.9. The lowest BCUT2D eigenvalue weighted by atomic mass is 10.0. The molecule has 1 aliphatic rings. The molecule has 0 unspecified atom stereocenters. The van der Waals surface area contributed by atoms with Gasteiger partial charge in [0.15, 0.2) is 6.10 Å². The Labute approximate surface area is 192 Å². The smallest absolute Gasteiger partial charge is 0.306 e. The van der Waals surface area contributed by atoms with Crippen molar-refractivity contribution in [2.24, 2.45) is 0 Å². The largest absolute Gasteiger partial charge is 0.497 e. The topological polar surface area (TPSA) is 112 Å². The van der Waals surface area contributed by atoms with Gasteiger partial charge >= 0.3 is 5.97 Å². The lowest BCUT2D eigenvalue weighted by Gasteiger charge is -2.18. The van der Waals surface area contributed by atoms with E-state index in [0.717, 1.165) is 11.3 Å². The molecule has 1 aliphatic heterocycles. The molecule has 9 heteroatoms. The second-order valence-corrected chi connectivity index (χ2v) is 7.51. The summed E-state index contributed by atoms with van der Waals surface area (Å²) < 4.78 is 21.3. The van der Waals surface area contributed by atoms with E-state index in [4.69, 9.17) is 18.9 Å². The number of esters is 1. The molecule has 1 heterocycles. The van der Waals surface area contributed by atoms with Crippen molar-refractivity contribution in [3.05, 3.63) is 42.0 Å². The molecule has 3 rings (SSSR count). The Morgan fingerprint density at radius 2 is 1.85 bits per heavy atom. The fourth-order valence-corrected chi connectivity index (χ4v) is 3.31. The van der Waals surface area contributed by atoms with Gasteiger partial charge in [0.05, 0.1) is 26.5 Å². The van der Waals surface area contributed by atoms with Gasteiger partial charge in [-0.3, -0.25) is 14.4 Å². The van der Waals surface area contributed by atoms with Crippen molar-refractivity contribution < 1.29 is 33.3 Å². The number of fused-ring (bicyclic) bond motifs is 1. The Hall–Kier alpha value is -3.75. The fraction of sp³-hybridized carbons (Fsp3) is 0.375. The van der Waals surface area contributed by atoms with Gasteiger partial charge in [-0.1, -0.05) is 0 Å². The minimum Gasteiger partial charge on any atom is -0.497 e. The number of carbonyl (C=O) groups excluding carboxylic acids is 3. The van der Waals surface area contributed by atoms with Gasteiger partial charge in [-0.25, -0.2) is 0 Å². The maximum Gasteiger partial charge on any atom is 0.306 e. The van der Waals surface area contributed by atoms with Crippen molar-refractivity contribution in [1.29, 1.82) is 0 Å². The van der Waals surface area contributed by atoms with Crippen LogP contribution in [0.1, 0.15) is 31.7 Å². The Kier molecular flexibility index (Phi) is 8.12. The summed E-state index contributed by atoms with van der Waals surface area (Å²) in [5, 5.41) is 5.51. The quantitative estimate of drug-likeness (QED) is 0.417. The monoisotopic (exact) mass is 456 g/mol. The summed E-state index contributed by atoms with van der Waals surface area (Å²) in [4.78, 5) is 36.0. The molecular weight excluding hydrogens is 428 g/mol. The van der Waals surface area contributed by atoms with Crippen LogP contribution in [0.2, 0.25) is 0 Å². The number of ether oxygens (including phenoxy) is 4. The van der Waals surface area contributed by atoms with Crippen LogP contribution >= 0.6 is 0 Å². The molecule has 0 saturated heterocycles. The van der Waals surface area contributed by atoms with E-state index in [-0.39, 0.29) is 12.3 Å².